The van der Waals surface area contributed by atoms with Gasteiger partial charge in [-0.15, -0.1) is 11.3 Å². The van der Waals surface area contributed by atoms with Crippen molar-refractivity contribution in [2.45, 2.75) is 6.92 Å². The molecular weight excluding hydrogens is 260 g/mol. The van der Waals surface area contributed by atoms with Gasteiger partial charge in [-0.2, -0.15) is 0 Å². The van der Waals surface area contributed by atoms with Crippen molar-refractivity contribution in [1.29, 1.82) is 0 Å². The van der Waals surface area contributed by atoms with Gasteiger partial charge < -0.3 is 10.4 Å². The average Bonchev–Trinajstić information content (AvgIpc) is 2.83. The number of rotatable bonds is 2. The van der Waals surface area contributed by atoms with Gasteiger partial charge in [-0.05, 0) is 25.1 Å². The zero-order valence-electron chi connectivity index (χ0n) is 10.3. The predicted octanol–water partition coefficient (Wildman–Crippen LogP) is 2.05. The smallest absolute Gasteiger partial charge is 0.275 e. The Morgan fingerprint density at radius 3 is 3.05 bits per heavy atom. The Balaban J connectivity index is 2.13. The molecule has 1 heterocycles. The summed E-state index contributed by atoms with van der Waals surface area (Å²) in [5.41, 5.74) is 1.80. The molecule has 2 aromatic rings. The van der Waals surface area contributed by atoms with Crippen LogP contribution in [0, 0.1) is 18.8 Å². The largest absolute Gasteiger partial charge is 0.384 e. The molecule has 0 atom stereocenters. The lowest BCUT2D eigenvalue weighted by molar-refractivity contribution is 0.102. The maximum Gasteiger partial charge on any atom is 0.275 e. The molecule has 5 heteroatoms. The third-order valence-corrected chi connectivity index (χ3v) is 3.06. The summed E-state index contributed by atoms with van der Waals surface area (Å²) in [6.45, 7) is 1.67. The average molecular weight is 272 g/mol. The Labute approximate surface area is 115 Å². The highest BCUT2D eigenvalue weighted by Crippen LogP contribution is 2.13. The van der Waals surface area contributed by atoms with E-state index in [1.54, 1.807) is 23.6 Å². The minimum atomic E-state index is -0.239. The maximum atomic E-state index is 11.9. The number of anilines is 1. The van der Waals surface area contributed by atoms with E-state index in [2.05, 4.69) is 22.1 Å². The van der Waals surface area contributed by atoms with E-state index in [0.717, 1.165) is 10.6 Å². The number of amides is 1. The third kappa shape index (κ3) is 3.65. The van der Waals surface area contributed by atoms with E-state index in [-0.39, 0.29) is 12.5 Å². The molecule has 96 valence electrons. The fourth-order valence-corrected chi connectivity index (χ4v) is 2.07. The second-order valence-corrected chi connectivity index (χ2v) is 4.81. The Morgan fingerprint density at radius 1 is 1.53 bits per heavy atom. The van der Waals surface area contributed by atoms with Crippen LogP contribution >= 0.6 is 11.3 Å². The van der Waals surface area contributed by atoms with Crippen molar-refractivity contribution in [3.8, 4) is 11.8 Å². The summed E-state index contributed by atoms with van der Waals surface area (Å²) in [5, 5.41) is 14.0. The van der Waals surface area contributed by atoms with Gasteiger partial charge in [0.25, 0.3) is 5.91 Å². The number of aliphatic hydroxyl groups is 1. The van der Waals surface area contributed by atoms with Gasteiger partial charge >= 0.3 is 0 Å². The van der Waals surface area contributed by atoms with Gasteiger partial charge in [-0.3, -0.25) is 4.79 Å². The number of nitrogens with one attached hydrogen (secondary N) is 1. The van der Waals surface area contributed by atoms with Crippen LogP contribution in [0.4, 0.5) is 5.69 Å². The van der Waals surface area contributed by atoms with Crippen LogP contribution in [0.15, 0.2) is 29.6 Å². The van der Waals surface area contributed by atoms with Gasteiger partial charge in [-0.1, -0.05) is 17.9 Å². The van der Waals surface area contributed by atoms with Crippen LogP contribution < -0.4 is 5.32 Å². The van der Waals surface area contributed by atoms with Crippen molar-refractivity contribution in [3.05, 3.63) is 45.9 Å². The number of carbonyl (C=O) groups excluding carboxylic acids is 1. The number of hydrogen-bond donors (Lipinski definition) is 2. The Hall–Kier alpha value is -2.16. The number of nitrogens with zero attached hydrogens (tertiary/aromatic N) is 1. The van der Waals surface area contributed by atoms with Gasteiger partial charge in [0.05, 0.1) is 5.01 Å². The minimum Gasteiger partial charge on any atom is -0.384 e. The summed E-state index contributed by atoms with van der Waals surface area (Å²) >= 11 is 1.44. The Morgan fingerprint density at radius 2 is 2.37 bits per heavy atom. The maximum absolute atomic E-state index is 11.9. The van der Waals surface area contributed by atoms with Crippen molar-refractivity contribution in [2.75, 3.05) is 11.9 Å². The first-order valence-corrected chi connectivity index (χ1v) is 6.50. The molecule has 0 aliphatic carbocycles. The molecule has 19 heavy (non-hydrogen) atoms. The number of carbonyl (C=O) groups is 1. The first-order chi connectivity index (χ1) is 9.19. The lowest BCUT2D eigenvalue weighted by Crippen LogP contribution is -2.12. The molecule has 2 rings (SSSR count). The van der Waals surface area contributed by atoms with Crippen molar-refractivity contribution in [2.24, 2.45) is 0 Å². The summed E-state index contributed by atoms with van der Waals surface area (Å²) in [4.78, 5) is 16.0. The summed E-state index contributed by atoms with van der Waals surface area (Å²) in [5.74, 6) is 5.11. The molecule has 0 bridgehead atoms. The van der Waals surface area contributed by atoms with E-state index in [4.69, 9.17) is 5.11 Å². The third-order valence-electron chi connectivity index (χ3n) is 2.28. The quantitative estimate of drug-likeness (QED) is 0.822. The molecule has 4 nitrogen and oxygen atoms in total. The van der Waals surface area contributed by atoms with Crippen LogP contribution in [-0.2, 0) is 0 Å². The molecule has 1 aromatic carbocycles. The van der Waals surface area contributed by atoms with E-state index >= 15 is 0 Å². The molecule has 0 fully saturated rings. The molecule has 1 amide bonds. The van der Waals surface area contributed by atoms with Crippen molar-refractivity contribution in [1.82, 2.24) is 4.98 Å². The minimum absolute atomic E-state index is 0.186. The van der Waals surface area contributed by atoms with Crippen LogP contribution in [0.5, 0.6) is 0 Å². The fourth-order valence-electron chi connectivity index (χ4n) is 1.48. The number of aliphatic hydroxyl groups excluding tert-OH is 1. The molecule has 0 saturated carbocycles. The zero-order chi connectivity index (χ0) is 13.7. The highest BCUT2D eigenvalue weighted by Gasteiger charge is 2.09. The number of benzene rings is 1. The summed E-state index contributed by atoms with van der Waals surface area (Å²) in [6.07, 6.45) is 0. The van der Waals surface area contributed by atoms with Gasteiger partial charge in [0.2, 0.25) is 0 Å². The molecule has 2 N–H and O–H groups in total. The highest BCUT2D eigenvalue weighted by atomic mass is 32.1. The first kappa shape index (κ1) is 13.3. The molecule has 0 spiro atoms. The van der Waals surface area contributed by atoms with Crippen molar-refractivity contribution >= 4 is 22.9 Å². The molecule has 1 aromatic heterocycles. The second kappa shape index (κ2) is 6.14. The van der Waals surface area contributed by atoms with Crippen LogP contribution in [0.2, 0.25) is 0 Å². The fraction of sp³-hybridized carbons (Fsp3) is 0.143. The first-order valence-electron chi connectivity index (χ1n) is 5.62. The van der Waals surface area contributed by atoms with Gasteiger partial charge in [0.1, 0.15) is 12.3 Å². The van der Waals surface area contributed by atoms with Crippen molar-refractivity contribution < 1.29 is 9.90 Å². The van der Waals surface area contributed by atoms with Crippen LogP contribution in [0.3, 0.4) is 0 Å². The van der Waals surface area contributed by atoms with Crippen LogP contribution in [-0.4, -0.2) is 22.6 Å². The second-order valence-electron chi connectivity index (χ2n) is 3.75. The number of thiazole rings is 1. The monoisotopic (exact) mass is 272 g/mol. The van der Waals surface area contributed by atoms with Crippen molar-refractivity contribution in [3.63, 3.8) is 0 Å². The highest BCUT2D eigenvalue weighted by molar-refractivity contribution is 7.09. The molecular formula is C14H12N2O2S. The standard InChI is InChI=1S/C14H12N2O2S/c1-10-15-13(9-19-10)14(18)16-12-6-2-4-11(8-12)5-3-7-17/h2,4,6,8-9,17H,7H2,1H3,(H,16,18). The Kier molecular flexibility index (Phi) is 4.29. The van der Waals surface area contributed by atoms with E-state index in [0.29, 0.717) is 11.4 Å². The summed E-state index contributed by atoms with van der Waals surface area (Å²) in [6, 6.07) is 7.13. The summed E-state index contributed by atoms with van der Waals surface area (Å²) < 4.78 is 0. The van der Waals surface area contributed by atoms with E-state index < -0.39 is 0 Å². The topological polar surface area (TPSA) is 62.2 Å². The van der Waals surface area contributed by atoms with E-state index in [1.807, 2.05) is 13.0 Å². The SMILES string of the molecule is Cc1nc(C(=O)Nc2cccc(C#CCO)c2)cs1. The van der Waals surface area contributed by atoms with E-state index in [9.17, 15) is 4.79 Å². The number of aryl methyl sites for hydroxylation is 1. The van der Waals surface area contributed by atoms with Crippen LogP contribution in [0.1, 0.15) is 21.1 Å². The molecule has 0 aliphatic rings. The van der Waals surface area contributed by atoms with Gasteiger partial charge in [0, 0.05) is 16.6 Å². The van der Waals surface area contributed by atoms with Gasteiger partial charge in [-0.25, -0.2) is 4.98 Å². The zero-order valence-corrected chi connectivity index (χ0v) is 11.1. The molecule has 0 aliphatic heterocycles. The lowest BCUT2D eigenvalue weighted by Gasteiger charge is -2.03. The lowest BCUT2D eigenvalue weighted by atomic mass is 10.2. The summed E-state index contributed by atoms with van der Waals surface area (Å²) in [7, 11) is 0. The van der Waals surface area contributed by atoms with Gasteiger partial charge in [0.15, 0.2) is 0 Å². The van der Waals surface area contributed by atoms with Crippen LogP contribution in [0.25, 0.3) is 0 Å². The molecule has 0 unspecified atom stereocenters. The predicted molar refractivity (Wildman–Crippen MR) is 75.2 cm³/mol. The number of hydrogen-bond acceptors (Lipinski definition) is 4. The van der Waals surface area contributed by atoms with E-state index in [1.165, 1.54) is 11.3 Å². The Bertz CT molecular complexity index is 653. The molecule has 0 saturated heterocycles. The number of aromatic nitrogens is 1. The molecule has 0 radical (unpaired) electrons. The normalized spacial score (nSPS) is 9.58.